The topological polar surface area (TPSA) is 127 Å². The Morgan fingerprint density at radius 1 is 1.33 bits per heavy atom. The Bertz CT molecular complexity index is 1320. The molecule has 1 aromatic heterocycles. The van der Waals surface area contributed by atoms with Crippen molar-refractivity contribution in [2.75, 3.05) is 25.5 Å². The quantitative estimate of drug-likeness (QED) is 0.181. The first-order valence-electron chi connectivity index (χ1n) is 15.1. The summed E-state index contributed by atoms with van der Waals surface area (Å²) in [5.74, 6) is 3.03. The number of rotatable bonds is 12. The first-order chi connectivity index (χ1) is 20.7. The second-order valence-corrected chi connectivity index (χ2v) is 11.5. The standard InChI is InChI=1S/C32H44N8.C2H5N/c1-7-27(32(4,5)21-33)40(6)31-29-25(23-11-12-23)14-17-34-18-15-26(29)38-30(39-31)24-13-19-37-28(20-24)36-16-9-10-22(3)35-8-2;1-2-3/h8-10,13,15,17-20,23,26-27,35H,2-3,7,11-12,14,16,21,33H2,1,4-6H3,(H,36,37);2-3H,1H3/b10-9-,18-15?,29-25-,34-17?;. The fourth-order valence-corrected chi connectivity index (χ4v) is 5.51. The fourth-order valence-electron chi connectivity index (χ4n) is 5.51. The predicted molar refractivity (Wildman–Crippen MR) is 183 cm³/mol. The summed E-state index contributed by atoms with van der Waals surface area (Å²) in [4.78, 5) is 21.8. The van der Waals surface area contributed by atoms with Crippen LogP contribution in [0.2, 0.25) is 0 Å². The number of aromatic nitrogens is 1. The molecule has 1 aliphatic carbocycles. The minimum Gasteiger partial charge on any atom is -0.367 e. The number of allylic oxidation sites excluding steroid dienone is 2. The Labute approximate surface area is 257 Å². The fraction of sp³-hybridized carbons (Fsp3) is 0.441. The van der Waals surface area contributed by atoms with Gasteiger partial charge < -0.3 is 26.7 Å². The molecule has 9 nitrogen and oxygen atoms in total. The van der Waals surface area contributed by atoms with E-state index in [9.17, 15) is 0 Å². The molecule has 1 saturated carbocycles. The van der Waals surface area contributed by atoms with Gasteiger partial charge in [-0.2, -0.15) is 0 Å². The van der Waals surface area contributed by atoms with E-state index in [4.69, 9.17) is 21.1 Å². The van der Waals surface area contributed by atoms with Crippen molar-refractivity contribution < 1.29 is 0 Å². The highest BCUT2D eigenvalue weighted by molar-refractivity contribution is 6.15. The van der Waals surface area contributed by atoms with Crippen LogP contribution in [-0.2, 0) is 0 Å². The van der Waals surface area contributed by atoms with Crippen molar-refractivity contribution in [1.29, 1.82) is 5.41 Å². The number of nitrogens with zero attached hydrogens (tertiary/aromatic N) is 5. The van der Waals surface area contributed by atoms with Gasteiger partial charge in [-0.15, -0.1) is 0 Å². The smallest absolute Gasteiger partial charge is 0.158 e. The van der Waals surface area contributed by atoms with E-state index in [0.29, 0.717) is 24.8 Å². The number of nitrogens with one attached hydrogen (secondary N) is 3. The normalized spacial score (nSPS) is 20.4. The lowest BCUT2D eigenvalue weighted by Crippen LogP contribution is -2.51. The monoisotopic (exact) mass is 583 g/mol. The number of fused-ring (bicyclic) bond motifs is 1. The number of amidine groups is 2. The molecule has 0 radical (unpaired) electrons. The van der Waals surface area contributed by atoms with Crippen molar-refractivity contribution in [2.24, 2.45) is 32.0 Å². The molecule has 0 amide bonds. The SMILES string of the molecule is C=CNC(=C)/C=C\CNc1cc(C2=NC3C=CN=CC/C(C4CC4)=C\3C(N(C)C(CC)C(C)(C)CN)=N2)ccn1.CC=N. The van der Waals surface area contributed by atoms with Crippen molar-refractivity contribution in [2.45, 2.75) is 65.5 Å². The summed E-state index contributed by atoms with van der Waals surface area (Å²) < 4.78 is 0. The van der Waals surface area contributed by atoms with E-state index in [1.165, 1.54) is 30.2 Å². The van der Waals surface area contributed by atoms with Crippen molar-refractivity contribution in [3.05, 3.63) is 84.5 Å². The van der Waals surface area contributed by atoms with Gasteiger partial charge in [0, 0.05) is 61.5 Å². The van der Waals surface area contributed by atoms with E-state index in [1.807, 2.05) is 36.7 Å². The average Bonchev–Trinajstić information content (AvgIpc) is 3.82. The number of hydrogen-bond donors (Lipinski definition) is 4. The maximum Gasteiger partial charge on any atom is 0.158 e. The van der Waals surface area contributed by atoms with Crippen LogP contribution in [0.3, 0.4) is 0 Å². The molecule has 9 heteroatoms. The van der Waals surface area contributed by atoms with Crippen LogP contribution < -0.4 is 16.4 Å². The molecule has 230 valence electrons. The molecule has 43 heavy (non-hydrogen) atoms. The Morgan fingerprint density at radius 2 is 2.07 bits per heavy atom. The molecule has 4 rings (SSSR count). The third-order valence-electron chi connectivity index (χ3n) is 7.84. The van der Waals surface area contributed by atoms with Gasteiger partial charge >= 0.3 is 0 Å². The van der Waals surface area contributed by atoms with E-state index in [2.05, 4.69) is 72.6 Å². The van der Waals surface area contributed by atoms with Gasteiger partial charge in [-0.1, -0.05) is 45.6 Å². The van der Waals surface area contributed by atoms with Crippen molar-refractivity contribution in [3.8, 4) is 0 Å². The maximum absolute atomic E-state index is 6.27. The van der Waals surface area contributed by atoms with E-state index in [-0.39, 0.29) is 17.5 Å². The van der Waals surface area contributed by atoms with Crippen LogP contribution in [0.25, 0.3) is 0 Å². The summed E-state index contributed by atoms with van der Waals surface area (Å²) in [5, 5.41) is 12.4. The molecule has 3 aliphatic rings. The summed E-state index contributed by atoms with van der Waals surface area (Å²) in [6.07, 6.45) is 18.8. The number of anilines is 1. The highest BCUT2D eigenvalue weighted by atomic mass is 15.2. The Balaban J connectivity index is 0.00000162. The van der Waals surface area contributed by atoms with Gasteiger partial charge in [-0.3, -0.25) is 9.98 Å². The summed E-state index contributed by atoms with van der Waals surface area (Å²) in [6, 6.07) is 4.05. The lowest BCUT2D eigenvalue weighted by Gasteiger charge is -2.43. The zero-order valence-corrected chi connectivity index (χ0v) is 26.5. The highest BCUT2D eigenvalue weighted by Crippen LogP contribution is 2.43. The van der Waals surface area contributed by atoms with Gasteiger partial charge in [-0.25, -0.2) is 9.98 Å². The minimum atomic E-state index is -0.146. The molecular weight excluding hydrogens is 534 g/mol. The molecule has 0 bridgehead atoms. The maximum atomic E-state index is 6.27. The van der Waals surface area contributed by atoms with Gasteiger partial charge in [0.1, 0.15) is 17.7 Å². The van der Waals surface area contributed by atoms with E-state index in [0.717, 1.165) is 35.8 Å². The van der Waals surface area contributed by atoms with Gasteiger partial charge in [0.05, 0.1) is 0 Å². The zero-order valence-electron chi connectivity index (χ0n) is 26.5. The molecule has 2 aliphatic heterocycles. The Kier molecular flexibility index (Phi) is 12.4. The van der Waals surface area contributed by atoms with E-state index >= 15 is 0 Å². The third-order valence-corrected chi connectivity index (χ3v) is 7.84. The van der Waals surface area contributed by atoms with Crippen LogP contribution in [0.1, 0.15) is 58.9 Å². The van der Waals surface area contributed by atoms with Crippen molar-refractivity contribution >= 4 is 29.9 Å². The molecule has 0 spiro atoms. The molecule has 3 heterocycles. The summed E-state index contributed by atoms with van der Waals surface area (Å²) in [6.45, 7) is 17.2. The predicted octanol–water partition coefficient (Wildman–Crippen LogP) is 5.87. The molecule has 1 aromatic rings. The number of pyridine rings is 1. The Hall–Kier alpha value is -4.11. The van der Waals surface area contributed by atoms with E-state index < -0.39 is 0 Å². The first-order valence-corrected chi connectivity index (χ1v) is 15.1. The molecular formula is C34H49N9. The molecule has 0 aromatic carbocycles. The minimum absolute atomic E-state index is 0.0801. The summed E-state index contributed by atoms with van der Waals surface area (Å²) in [5.41, 5.74) is 10.5. The van der Waals surface area contributed by atoms with Crippen LogP contribution in [0.4, 0.5) is 5.82 Å². The van der Waals surface area contributed by atoms with E-state index in [1.54, 1.807) is 19.3 Å². The number of nitrogens with two attached hydrogens (primary N) is 1. The summed E-state index contributed by atoms with van der Waals surface area (Å²) >= 11 is 0. The number of likely N-dealkylation sites (N-methyl/N-ethyl adjacent to an activating group) is 1. The highest BCUT2D eigenvalue weighted by Gasteiger charge is 2.39. The average molecular weight is 584 g/mol. The summed E-state index contributed by atoms with van der Waals surface area (Å²) in [7, 11) is 2.17. The second kappa shape index (κ2) is 15.9. The third kappa shape index (κ3) is 8.94. The number of aliphatic imine (C=N–C) groups is 3. The Morgan fingerprint density at radius 3 is 2.72 bits per heavy atom. The van der Waals surface area contributed by atoms with Gasteiger partial charge in [0.25, 0.3) is 0 Å². The molecule has 5 N–H and O–H groups in total. The second-order valence-electron chi connectivity index (χ2n) is 11.5. The van der Waals surface area contributed by atoms with Crippen molar-refractivity contribution in [1.82, 2.24) is 15.2 Å². The lowest BCUT2D eigenvalue weighted by molar-refractivity contribution is 0.172. The first kappa shape index (κ1) is 33.4. The lowest BCUT2D eigenvalue weighted by atomic mass is 9.81. The molecule has 1 fully saturated rings. The van der Waals surface area contributed by atoms with Crippen LogP contribution in [-0.4, -0.2) is 66.2 Å². The van der Waals surface area contributed by atoms with Crippen LogP contribution in [0.15, 0.2) is 93.9 Å². The largest absolute Gasteiger partial charge is 0.367 e. The van der Waals surface area contributed by atoms with Crippen LogP contribution in [0, 0.1) is 16.7 Å². The van der Waals surface area contributed by atoms with Gasteiger partial charge in [0.15, 0.2) is 5.84 Å². The zero-order chi connectivity index (χ0) is 31.4. The molecule has 2 atom stereocenters. The van der Waals surface area contributed by atoms with Gasteiger partial charge in [0.2, 0.25) is 0 Å². The van der Waals surface area contributed by atoms with Crippen molar-refractivity contribution in [3.63, 3.8) is 0 Å². The number of hydrogen-bond acceptors (Lipinski definition) is 9. The molecule has 0 saturated heterocycles. The van der Waals surface area contributed by atoms with Crippen LogP contribution >= 0.6 is 0 Å². The van der Waals surface area contributed by atoms with Gasteiger partial charge in [-0.05, 0) is 80.8 Å². The van der Waals surface area contributed by atoms with Crippen LogP contribution in [0.5, 0.6) is 0 Å². The molecule has 2 unspecified atom stereocenters.